The molecular weight excluding hydrogens is 344 g/mol. The molecule has 146 valence electrons. The van der Waals surface area contributed by atoms with Gasteiger partial charge in [-0.25, -0.2) is 0 Å². The van der Waals surface area contributed by atoms with Crippen molar-refractivity contribution >= 4 is 17.5 Å². The van der Waals surface area contributed by atoms with E-state index in [1.165, 1.54) is 0 Å². The van der Waals surface area contributed by atoms with Crippen LogP contribution in [0.5, 0.6) is 5.75 Å². The van der Waals surface area contributed by atoms with Crippen molar-refractivity contribution in [1.82, 2.24) is 4.90 Å². The van der Waals surface area contributed by atoms with E-state index in [-0.39, 0.29) is 24.9 Å². The van der Waals surface area contributed by atoms with Crippen LogP contribution in [0.2, 0.25) is 0 Å². The number of ether oxygens (including phenoxy) is 1. The molecular formula is C20H29N4O3+. The Morgan fingerprint density at radius 1 is 1.22 bits per heavy atom. The number of nitrogens with zero attached hydrogens (tertiary/aromatic N) is 2. The summed E-state index contributed by atoms with van der Waals surface area (Å²) in [5.41, 5.74) is -0.0104. The number of hydrogen-bond donors (Lipinski definition) is 2. The molecule has 2 N–H and O–H groups in total. The number of benzene rings is 1. The average molecular weight is 373 g/mol. The number of carbonyl (C=O) groups excluding carboxylic acids is 2. The molecule has 0 bridgehead atoms. The molecule has 1 aliphatic rings. The summed E-state index contributed by atoms with van der Waals surface area (Å²) in [6.45, 7) is 0.348. The summed E-state index contributed by atoms with van der Waals surface area (Å²) in [7, 11) is 5.10. The van der Waals surface area contributed by atoms with Crippen molar-refractivity contribution in [2.24, 2.45) is 0 Å². The third kappa shape index (κ3) is 5.44. The highest BCUT2D eigenvalue weighted by atomic mass is 16.5. The number of methoxy groups -OCH3 is 1. The molecule has 0 saturated heterocycles. The van der Waals surface area contributed by atoms with Gasteiger partial charge in [0.05, 0.1) is 20.2 Å². The molecule has 27 heavy (non-hydrogen) atoms. The summed E-state index contributed by atoms with van der Waals surface area (Å²) in [4.78, 5) is 27.2. The van der Waals surface area contributed by atoms with Crippen LogP contribution in [0.3, 0.4) is 0 Å². The van der Waals surface area contributed by atoms with E-state index in [1.54, 1.807) is 50.4 Å². The van der Waals surface area contributed by atoms with Crippen molar-refractivity contribution < 1.29 is 19.2 Å². The van der Waals surface area contributed by atoms with Gasteiger partial charge in [0.1, 0.15) is 11.3 Å². The van der Waals surface area contributed by atoms with E-state index in [1.807, 2.05) is 0 Å². The van der Waals surface area contributed by atoms with Crippen molar-refractivity contribution in [3.63, 3.8) is 0 Å². The first-order chi connectivity index (χ1) is 12.9. The predicted octanol–water partition coefficient (Wildman–Crippen LogP) is 0.833. The number of carbonyl (C=O) groups is 2. The van der Waals surface area contributed by atoms with Gasteiger partial charge in [0.25, 0.3) is 11.8 Å². The summed E-state index contributed by atoms with van der Waals surface area (Å²) >= 11 is 0. The van der Waals surface area contributed by atoms with E-state index in [4.69, 9.17) is 4.74 Å². The summed E-state index contributed by atoms with van der Waals surface area (Å²) in [6, 6.07) is 9.45. The lowest BCUT2D eigenvalue weighted by Gasteiger charge is -2.39. The van der Waals surface area contributed by atoms with E-state index in [0.717, 1.165) is 42.8 Å². The Bertz CT molecular complexity index is 690. The molecule has 1 aromatic rings. The predicted molar refractivity (Wildman–Crippen MR) is 102 cm³/mol. The fourth-order valence-electron chi connectivity index (χ4n) is 3.49. The highest BCUT2D eigenvalue weighted by molar-refractivity contribution is 5.91. The number of quaternary nitrogens is 1. The van der Waals surface area contributed by atoms with Gasteiger partial charge in [-0.15, -0.1) is 0 Å². The lowest BCUT2D eigenvalue weighted by atomic mass is 9.81. The summed E-state index contributed by atoms with van der Waals surface area (Å²) in [5.74, 6) is 0.451. The minimum atomic E-state index is -0.693. The molecule has 1 fully saturated rings. The molecule has 1 atom stereocenters. The Morgan fingerprint density at radius 3 is 2.41 bits per heavy atom. The molecule has 7 nitrogen and oxygen atoms in total. The number of rotatable bonds is 7. The Balaban J connectivity index is 1.86. The number of anilines is 1. The fourth-order valence-corrected chi connectivity index (χ4v) is 3.49. The molecule has 1 saturated carbocycles. The van der Waals surface area contributed by atoms with Crippen LogP contribution in [-0.4, -0.2) is 56.5 Å². The molecule has 1 aliphatic carbocycles. The van der Waals surface area contributed by atoms with Crippen molar-refractivity contribution in [2.75, 3.05) is 39.6 Å². The first-order valence-electron chi connectivity index (χ1n) is 9.33. The summed E-state index contributed by atoms with van der Waals surface area (Å²) in [6.07, 6.45) is 4.50. The first kappa shape index (κ1) is 20.7. The number of likely N-dealkylation sites (N-methyl/N-ethyl adjacent to an activating group) is 2. The van der Waals surface area contributed by atoms with E-state index >= 15 is 0 Å². The maximum atomic E-state index is 12.6. The van der Waals surface area contributed by atoms with Crippen molar-refractivity contribution in [3.05, 3.63) is 24.3 Å². The second-order valence-corrected chi connectivity index (χ2v) is 7.24. The van der Waals surface area contributed by atoms with Crippen LogP contribution in [0.1, 0.15) is 32.1 Å². The number of hydrogen-bond acceptors (Lipinski definition) is 4. The van der Waals surface area contributed by atoms with Gasteiger partial charge in [-0.05, 0) is 37.1 Å². The van der Waals surface area contributed by atoms with Gasteiger partial charge in [0.2, 0.25) is 0 Å². The van der Waals surface area contributed by atoms with Crippen molar-refractivity contribution in [2.45, 2.75) is 37.6 Å². The molecule has 0 spiro atoms. The van der Waals surface area contributed by atoms with E-state index < -0.39 is 5.54 Å². The molecule has 0 aliphatic heterocycles. The van der Waals surface area contributed by atoms with Gasteiger partial charge >= 0.3 is 0 Å². The van der Waals surface area contributed by atoms with Crippen molar-refractivity contribution in [1.29, 1.82) is 5.26 Å². The molecule has 1 unspecified atom stereocenters. The average Bonchev–Trinajstić information content (AvgIpc) is 2.68. The van der Waals surface area contributed by atoms with Gasteiger partial charge < -0.3 is 19.9 Å². The van der Waals surface area contributed by atoms with Crippen LogP contribution >= 0.6 is 0 Å². The lowest BCUT2D eigenvalue weighted by molar-refractivity contribution is -0.862. The molecule has 0 radical (unpaired) electrons. The number of amides is 2. The molecule has 2 rings (SSSR count). The molecule has 2 amide bonds. The minimum Gasteiger partial charge on any atom is -0.497 e. The Labute approximate surface area is 160 Å². The number of nitriles is 1. The highest BCUT2D eigenvalue weighted by Gasteiger charge is 2.39. The standard InChI is InChI=1S/C20H28N4O3/c1-23(13-18(25)22-16-7-9-17(27-3)10-8-16)14-19(26)24(2)20(15-21)11-5-4-6-12-20/h7-10H,4-6,11-14H2,1-3H3,(H,22,25)/p+1. The Morgan fingerprint density at radius 2 is 1.85 bits per heavy atom. The Hall–Kier alpha value is -2.59. The van der Waals surface area contributed by atoms with Gasteiger partial charge in [0, 0.05) is 12.7 Å². The SMILES string of the molecule is COc1ccc(NC(=O)C[NH+](C)CC(=O)N(C)C2(C#N)CCCCC2)cc1. The number of nitrogens with one attached hydrogen (secondary N) is 2. The van der Waals surface area contributed by atoms with Crippen LogP contribution in [0.25, 0.3) is 0 Å². The van der Waals surface area contributed by atoms with Crippen molar-refractivity contribution in [3.8, 4) is 11.8 Å². The van der Waals surface area contributed by atoms with Crippen LogP contribution in [0, 0.1) is 11.3 Å². The quantitative estimate of drug-likeness (QED) is 0.741. The first-order valence-corrected chi connectivity index (χ1v) is 9.33. The van der Waals surface area contributed by atoms with Gasteiger partial charge in [-0.2, -0.15) is 5.26 Å². The normalized spacial score (nSPS) is 16.7. The maximum absolute atomic E-state index is 12.6. The zero-order valence-electron chi connectivity index (χ0n) is 16.4. The molecule has 7 heteroatoms. The van der Waals surface area contributed by atoms with Crippen LogP contribution in [-0.2, 0) is 9.59 Å². The fraction of sp³-hybridized carbons (Fsp3) is 0.550. The summed E-state index contributed by atoms with van der Waals surface area (Å²) < 4.78 is 5.09. The van der Waals surface area contributed by atoms with Gasteiger partial charge in [0.15, 0.2) is 13.1 Å². The van der Waals surface area contributed by atoms with E-state index in [9.17, 15) is 14.9 Å². The topological polar surface area (TPSA) is 86.9 Å². The second kappa shape index (κ2) is 9.38. The van der Waals surface area contributed by atoms with E-state index in [2.05, 4.69) is 11.4 Å². The van der Waals surface area contributed by atoms with Gasteiger partial charge in [-0.1, -0.05) is 19.3 Å². The van der Waals surface area contributed by atoms with Crippen LogP contribution in [0.4, 0.5) is 5.69 Å². The summed E-state index contributed by atoms with van der Waals surface area (Å²) in [5, 5.41) is 12.4. The zero-order valence-corrected chi connectivity index (χ0v) is 16.4. The monoisotopic (exact) mass is 373 g/mol. The Kier molecular flexibility index (Phi) is 7.19. The lowest BCUT2D eigenvalue weighted by Crippen LogP contribution is -3.11. The van der Waals surface area contributed by atoms with Crippen LogP contribution < -0.4 is 15.0 Å². The third-order valence-corrected chi connectivity index (χ3v) is 5.19. The van der Waals surface area contributed by atoms with Gasteiger partial charge in [-0.3, -0.25) is 9.59 Å². The zero-order chi connectivity index (χ0) is 19.9. The van der Waals surface area contributed by atoms with E-state index in [0.29, 0.717) is 5.69 Å². The minimum absolute atomic E-state index is 0.104. The second-order valence-electron chi connectivity index (χ2n) is 7.24. The highest BCUT2D eigenvalue weighted by Crippen LogP contribution is 2.32. The molecule has 1 aromatic carbocycles. The molecule has 0 aromatic heterocycles. The largest absolute Gasteiger partial charge is 0.497 e. The molecule has 0 heterocycles. The van der Waals surface area contributed by atoms with Crippen LogP contribution in [0.15, 0.2) is 24.3 Å². The third-order valence-electron chi connectivity index (χ3n) is 5.19. The smallest absolute Gasteiger partial charge is 0.279 e. The maximum Gasteiger partial charge on any atom is 0.279 e.